The molecule has 4 nitrogen and oxygen atoms in total. The molecular weight excluding hydrogens is 200 g/mol. The summed E-state index contributed by atoms with van der Waals surface area (Å²) in [5.74, 6) is 1.77. The van der Waals surface area contributed by atoms with Gasteiger partial charge in [-0.3, -0.25) is 0 Å². The highest BCUT2D eigenvalue weighted by molar-refractivity contribution is 5.92. The lowest BCUT2D eigenvalue weighted by Crippen LogP contribution is -2.27. The highest BCUT2D eigenvalue weighted by atomic mass is 15.4. The van der Waals surface area contributed by atoms with Gasteiger partial charge >= 0.3 is 0 Å². The maximum Gasteiger partial charge on any atom is 0.156 e. The first-order valence-corrected chi connectivity index (χ1v) is 5.49. The van der Waals surface area contributed by atoms with Crippen LogP contribution in [0.2, 0.25) is 0 Å². The minimum Gasteiger partial charge on any atom is -0.241 e. The Hall–Kier alpha value is -1.45. The first-order chi connectivity index (χ1) is 7.31. The van der Waals surface area contributed by atoms with Crippen molar-refractivity contribution >= 4 is 5.84 Å². The monoisotopic (exact) mass is 218 g/mol. The Kier molecular flexibility index (Phi) is 2.26. The van der Waals surface area contributed by atoms with Crippen molar-refractivity contribution in [2.75, 3.05) is 0 Å². The fraction of sp³-hybridized carbons (Fsp3) is 0.583. The van der Waals surface area contributed by atoms with Crippen molar-refractivity contribution in [3.8, 4) is 0 Å². The van der Waals surface area contributed by atoms with Crippen LogP contribution in [-0.4, -0.2) is 20.6 Å². The summed E-state index contributed by atoms with van der Waals surface area (Å²) in [5, 5.41) is 4.49. The van der Waals surface area contributed by atoms with E-state index in [1.165, 1.54) is 0 Å². The van der Waals surface area contributed by atoms with Crippen molar-refractivity contribution in [1.29, 1.82) is 0 Å². The van der Waals surface area contributed by atoms with Crippen LogP contribution in [0.4, 0.5) is 0 Å². The average Bonchev–Trinajstić information content (AvgIpc) is 2.68. The van der Waals surface area contributed by atoms with Crippen molar-refractivity contribution in [2.24, 2.45) is 10.4 Å². The predicted octanol–water partition coefficient (Wildman–Crippen LogP) is 2.38. The second kappa shape index (κ2) is 3.27. The summed E-state index contributed by atoms with van der Waals surface area (Å²) in [6.07, 6.45) is 5.64. The van der Waals surface area contributed by atoms with Crippen molar-refractivity contribution in [1.82, 2.24) is 14.8 Å². The maximum absolute atomic E-state index is 4.49. The Morgan fingerprint density at radius 1 is 1.25 bits per heavy atom. The molecule has 0 saturated heterocycles. The van der Waals surface area contributed by atoms with E-state index in [-0.39, 0.29) is 10.8 Å². The molecule has 16 heavy (non-hydrogen) atoms. The first kappa shape index (κ1) is 11.0. The van der Waals surface area contributed by atoms with Gasteiger partial charge in [-0.15, -0.1) is 5.10 Å². The van der Waals surface area contributed by atoms with Gasteiger partial charge in [-0.1, -0.05) is 26.8 Å². The minimum atomic E-state index is -0.0666. The van der Waals surface area contributed by atoms with Crippen molar-refractivity contribution in [3.05, 3.63) is 24.4 Å². The molecule has 0 saturated carbocycles. The molecule has 0 bridgehead atoms. The van der Waals surface area contributed by atoms with Crippen molar-refractivity contribution < 1.29 is 0 Å². The lowest BCUT2D eigenvalue weighted by atomic mass is 9.93. The summed E-state index contributed by atoms with van der Waals surface area (Å²) >= 11 is 0. The van der Waals surface area contributed by atoms with E-state index >= 15 is 0 Å². The van der Waals surface area contributed by atoms with E-state index < -0.39 is 0 Å². The molecule has 0 aromatic carbocycles. The molecular formula is C12H18N4. The van der Waals surface area contributed by atoms with Crippen LogP contribution >= 0.6 is 0 Å². The van der Waals surface area contributed by atoms with Gasteiger partial charge in [0, 0.05) is 17.0 Å². The number of nitrogens with zero attached hydrogens (tertiary/aromatic N) is 4. The molecule has 1 aliphatic rings. The minimum absolute atomic E-state index is 0.0258. The van der Waals surface area contributed by atoms with E-state index in [2.05, 4.69) is 55.8 Å². The van der Waals surface area contributed by atoms with E-state index in [1.54, 1.807) is 11.0 Å². The molecule has 0 N–H and O–H groups in total. The SMILES string of the molecule is CC1(C)C=CN=C1n1cnc(C(C)(C)C)n1. The molecule has 1 aliphatic heterocycles. The van der Waals surface area contributed by atoms with E-state index in [1.807, 2.05) is 6.20 Å². The molecule has 86 valence electrons. The number of rotatable bonds is 0. The number of aromatic nitrogens is 3. The first-order valence-electron chi connectivity index (χ1n) is 5.49. The Bertz CT molecular complexity index is 458. The van der Waals surface area contributed by atoms with Gasteiger partial charge in [0.2, 0.25) is 0 Å². The van der Waals surface area contributed by atoms with Gasteiger partial charge in [0.05, 0.1) is 0 Å². The molecule has 0 atom stereocenters. The fourth-order valence-corrected chi connectivity index (χ4v) is 1.60. The summed E-state index contributed by atoms with van der Waals surface area (Å²) in [4.78, 5) is 8.69. The van der Waals surface area contributed by atoms with Gasteiger partial charge in [-0.25, -0.2) is 14.7 Å². The number of allylic oxidation sites excluding steroid dienone is 1. The Morgan fingerprint density at radius 2 is 1.94 bits per heavy atom. The summed E-state index contributed by atoms with van der Waals surface area (Å²) in [5.41, 5.74) is -0.0924. The van der Waals surface area contributed by atoms with Gasteiger partial charge < -0.3 is 0 Å². The molecule has 0 unspecified atom stereocenters. The summed E-state index contributed by atoms with van der Waals surface area (Å²) < 4.78 is 1.78. The average molecular weight is 218 g/mol. The third-order valence-electron chi connectivity index (χ3n) is 2.64. The molecule has 2 heterocycles. The third kappa shape index (κ3) is 1.79. The van der Waals surface area contributed by atoms with Crippen LogP contribution in [0.25, 0.3) is 0 Å². The molecule has 0 spiro atoms. The molecule has 1 aromatic heterocycles. The molecule has 1 aromatic rings. The lowest BCUT2D eigenvalue weighted by Gasteiger charge is -2.18. The maximum atomic E-state index is 4.49. The quantitative estimate of drug-likeness (QED) is 0.671. The zero-order valence-corrected chi connectivity index (χ0v) is 10.5. The topological polar surface area (TPSA) is 43.1 Å². The van der Waals surface area contributed by atoms with Crippen molar-refractivity contribution in [3.63, 3.8) is 0 Å². The molecule has 0 amide bonds. The second-order valence-corrected chi connectivity index (χ2v) is 5.75. The second-order valence-electron chi connectivity index (χ2n) is 5.75. The van der Waals surface area contributed by atoms with E-state index in [9.17, 15) is 0 Å². The molecule has 0 radical (unpaired) electrons. The summed E-state index contributed by atoms with van der Waals surface area (Å²) in [6.45, 7) is 10.5. The van der Waals surface area contributed by atoms with E-state index in [0.717, 1.165) is 11.7 Å². The number of hydrogen-bond acceptors (Lipinski definition) is 3. The van der Waals surface area contributed by atoms with Crippen LogP contribution in [0.15, 0.2) is 23.6 Å². The molecule has 4 heteroatoms. The van der Waals surface area contributed by atoms with E-state index in [4.69, 9.17) is 0 Å². The molecule has 2 rings (SSSR count). The van der Waals surface area contributed by atoms with Crippen LogP contribution < -0.4 is 0 Å². The summed E-state index contributed by atoms with van der Waals surface area (Å²) in [6, 6.07) is 0. The van der Waals surface area contributed by atoms with Gasteiger partial charge in [0.25, 0.3) is 0 Å². The standard InChI is InChI=1S/C12H18N4/c1-11(2,3)9-14-8-16(15-9)10-12(4,5)6-7-13-10/h6-8H,1-5H3. The zero-order valence-electron chi connectivity index (χ0n) is 10.5. The van der Waals surface area contributed by atoms with Gasteiger partial charge in [-0.2, -0.15) is 0 Å². The highest BCUT2D eigenvalue weighted by Crippen LogP contribution is 2.26. The smallest absolute Gasteiger partial charge is 0.156 e. The van der Waals surface area contributed by atoms with Gasteiger partial charge in [0.1, 0.15) is 12.2 Å². The normalized spacial score (nSPS) is 18.9. The highest BCUT2D eigenvalue weighted by Gasteiger charge is 2.29. The van der Waals surface area contributed by atoms with E-state index in [0.29, 0.717) is 0 Å². The van der Waals surface area contributed by atoms with Gasteiger partial charge in [-0.05, 0) is 13.8 Å². The van der Waals surface area contributed by atoms with Crippen LogP contribution in [-0.2, 0) is 5.41 Å². The zero-order chi connectivity index (χ0) is 12.0. The lowest BCUT2D eigenvalue weighted by molar-refractivity contribution is 0.542. The Morgan fingerprint density at radius 3 is 2.38 bits per heavy atom. The van der Waals surface area contributed by atoms with Crippen LogP contribution in [0.1, 0.15) is 40.4 Å². The third-order valence-corrected chi connectivity index (χ3v) is 2.64. The molecule has 0 aliphatic carbocycles. The van der Waals surface area contributed by atoms with Crippen molar-refractivity contribution in [2.45, 2.75) is 40.0 Å². The number of hydrogen-bond donors (Lipinski definition) is 0. The largest absolute Gasteiger partial charge is 0.241 e. The Labute approximate surface area is 96.1 Å². The number of aliphatic imine (C=N–C) groups is 1. The van der Waals surface area contributed by atoms with Crippen LogP contribution in [0, 0.1) is 5.41 Å². The fourth-order valence-electron chi connectivity index (χ4n) is 1.60. The van der Waals surface area contributed by atoms with Crippen LogP contribution in [0.3, 0.4) is 0 Å². The van der Waals surface area contributed by atoms with Gasteiger partial charge in [0.15, 0.2) is 5.82 Å². The van der Waals surface area contributed by atoms with Crippen LogP contribution in [0.5, 0.6) is 0 Å². The molecule has 0 fully saturated rings. The Balaban J connectivity index is 2.35. The predicted molar refractivity (Wildman–Crippen MR) is 64.5 cm³/mol. The summed E-state index contributed by atoms with van der Waals surface area (Å²) in [7, 11) is 0.